The normalized spacial score (nSPS) is 11.9. The first-order valence-corrected chi connectivity index (χ1v) is 8.84. The van der Waals surface area contributed by atoms with Crippen LogP contribution in [0.25, 0.3) is 10.8 Å². The Morgan fingerprint density at radius 3 is 2.44 bits per heavy atom. The molecule has 0 N–H and O–H groups in total. The Morgan fingerprint density at radius 2 is 1.67 bits per heavy atom. The van der Waals surface area contributed by atoms with Gasteiger partial charge in [0.2, 0.25) is 6.79 Å². The summed E-state index contributed by atoms with van der Waals surface area (Å²) in [5, 5.41) is 2.15. The maximum absolute atomic E-state index is 5.77. The molecule has 0 aliphatic carbocycles. The number of nitrogens with zero attached hydrogens (tertiary/aromatic N) is 1. The fourth-order valence-electron chi connectivity index (χ4n) is 3.16. The van der Waals surface area contributed by atoms with E-state index in [4.69, 9.17) is 18.9 Å². The van der Waals surface area contributed by atoms with Crippen LogP contribution in [0.2, 0.25) is 0 Å². The van der Waals surface area contributed by atoms with Crippen molar-refractivity contribution in [2.75, 3.05) is 20.0 Å². The van der Waals surface area contributed by atoms with Crippen molar-refractivity contribution in [1.82, 2.24) is 4.98 Å². The molecule has 6 heteroatoms. The van der Waals surface area contributed by atoms with Crippen molar-refractivity contribution in [1.29, 1.82) is 0 Å². The Kier molecular flexibility index (Phi) is 5.91. The number of halogens is 1. The summed E-state index contributed by atoms with van der Waals surface area (Å²) in [5.74, 6) is 3.10. The number of hydrogen-bond acceptors (Lipinski definition) is 5. The standard InChI is InChI=1S/C21H21NO4.ClH/c1-3-23-20-11-15-7-8-22-17(16(15)12-21(20)24-4-2)9-14-5-6-18-19(10-14)26-13-25-18;/h5-8,10-12H,3-4,9,13H2,1-2H3;1H. The summed E-state index contributed by atoms with van der Waals surface area (Å²) in [5.41, 5.74) is 2.12. The first-order valence-electron chi connectivity index (χ1n) is 8.84. The van der Waals surface area contributed by atoms with Crippen LogP contribution in [0.1, 0.15) is 25.1 Å². The van der Waals surface area contributed by atoms with Gasteiger partial charge in [0.15, 0.2) is 23.0 Å². The Morgan fingerprint density at radius 1 is 0.926 bits per heavy atom. The van der Waals surface area contributed by atoms with Crippen LogP contribution < -0.4 is 18.9 Å². The molecule has 0 atom stereocenters. The third-order valence-electron chi connectivity index (χ3n) is 4.32. The van der Waals surface area contributed by atoms with Gasteiger partial charge in [0.1, 0.15) is 0 Å². The van der Waals surface area contributed by atoms with Crippen LogP contribution in [0.4, 0.5) is 0 Å². The van der Waals surface area contributed by atoms with Gasteiger partial charge in [-0.25, -0.2) is 0 Å². The second-order valence-corrected chi connectivity index (χ2v) is 6.01. The van der Waals surface area contributed by atoms with Gasteiger partial charge in [-0.3, -0.25) is 4.98 Å². The highest BCUT2D eigenvalue weighted by atomic mass is 35.5. The zero-order valence-corrected chi connectivity index (χ0v) is 16.2. The molecule has 3 aromatic rings. The van der Waals surface area contributed by atoms with E-state index in [1.165, 1.54) is 0 Å². The molecule has 27 heavy (non-hydrogen) atoms. The van der Waals surface area contributed by atoms with E-state index in [0.29, 0.717) is 19.6 Å². The van der Waals surface area contributed by atoms with Gasteiger partial charge < -0.3 is 18.9 Å². The summed E-state index contributed by atoms with van der Waals surface area (Å²) in [6.07, 6.45) is 2.54. The summed E-state index contributed by atoms with van der Waals surface area (Å²) in [6.45, 7) is 5.40. The molecule has 2 heterocycles. The molecule has 0 radical (unpaired) electrons. The van der Waals surface area contributed by atoms with Gasteiger partial charge >= 0.3 is 0 Å². The molecule has 0 unspecified atom stereocenters. The minimum absolute atomic E-state index is 0. The summed E-state index contributed by atoms with van der Waals surface area (Å²) in [6, 6.07) is 12.1. The van der Waals surface area contributed by atoms with Gasteiger partial charge in [0.25, 0.3) is 0 Å². The summed E-state index contributed by atoms with van der Waals surface area (Å²) >= 11 is 0. The van der Waals surface area contributed by atoms with E-state index < -0.39 is 0 Å². The Hall–Kier alpha value is -2.66. The largest absolute Gasteiger partial charge is 0.490 e. The Bertz CT molecular complexity index is 945. The molecule has 1 aliphatic rings. The van der Waals surface area contributed by atoms with Crippen molar-refractivity contribution in [2.45, 2.75) is 20.3 Å². The number of rotatable bonds is 6. The Balaban J connectivity index is 0.00000210. The SMILES string of the molecule is CCOc1cc2ccnc(Cc3ccc4c(c3)OCO4)c2cc1OCC.Cl. The van der Waals surface area contributed by atoms with Crippen molar-refractivity contribution in [3.8, 4) is 23.0 Å². The lowest BCUT2D eigenvalue weighted by Crippen LogP contribution is -2.00. The van der Waals surface area contributed by atoms with Crippen LogP contribution in [0, 0.1) is 0 Å². The molecular weight excluding hydrogens is 366 g/mol. The first kappa shape index (κ1) is 19.1. The van der Waals surface area contributed by atoms with Crippen molar-refractivity contribution >= 4 is 23.2 Å². The van der Waals surface area contributed by atoms with Crippen molar-refractivity contribution < 1.29 is 18.9 Å². The highest BCUT2D eigenvalue weighted by Gasteiger charge is 2.15. The van der Waals surface area contributed by atoms with Gasteiger partial charge in [0, 0.05) is 18.0 Å². The zero-order chi connectivity index (χ0) is 17.9. The zero-order valence-electron chi connectivity index (χ0n) is 15.4. The molecule has 0 bridgehead atoms. The fourth-order valence-corrected chi connectivity index (χ4v) is 3.16. The smallest absolute Gasteiger partial charge is 0.231 e. The van der Waals surface area contributed by atoms with Crippen molar-refractivity contribution in [2.24, 2.45) is 0 Å². The third kappa shape index (κ3) is 3.88. The molecule has 0 amide bonds. The Labute approximate surface area is 164 Å². The first-order chi connectivity index (χ1) is 12.8. The highest BCUT2D eigenvalue weighted by molar-refractivity contribution is 5.88. The van der Waals surface area contributed by atoms with E-state index in [1.807, 2.05) is 56.4 Å². The molecule has 1 aliphatic heterocycles. The molecule has 0 fully saturated rings. The maximum atomic E-state index is 5.77. The predicted octanol–water partition coefficient (Wildman–Crippen LogP) is 4.77. The molecule has 0 saturated carbocycles. The number of ether oxygens (including phenoxy) is 4. The van der Waals surface area contributed by atoms with Crippen LogP contribution in [-0.4, -0.2) is 25.0 Å². The number of hydrogen-bond donors (Lipinski definition) is 0. The van der Waals surface area contributed by atoms with E-state index in [9.17, 15) is 0 Å². The summed E-state index contributed by atoms with van der Waals surface area (Å²) < 4.78 is 22.4. The highest BCUT2D eigenvalue weighted by Crippen LogP contribution is 2.36. The van der Waals surface area contributed by atoms with Gasteiger partial charge in [-0.1, -0.05) is 6.07 Å². The fraction of sp³-hybridized carbons (Fsp3) is 0.286. The monoisotopic (exact) mass is 387 g/mol. The van der Waals surface area contributed by atoms with Crippen molar-refractivity contribution in [3.05, 3.63) is 53.9 Å². The molecular formula is C21H22ClNO4. The second-order valence-electron chi connectivity index (χ2n) is 6.01. The van der Waals surface area contributed by atoms with E-state index in [-0.39, 0.29) is 19.2 Å². The van der Waals surface area contributed by atoms with Crippen LogP contribution >= 0.6 is 12.4 Å². The van der Waals surface area contributed by atoms with E-state index in [0.717, 1.165) is 45.0 Å². The predicted molar refractivity (Wildman–Crippen MR) is 107 cm³/mol. The van der Waals surface area contributed by atoms with E-state index in [2.05, 4.69) is 4.98 Å². The molecule has 2 aromatic carbocycles. The number of fused-ring (bicyclic) bond motifs is 2. The van der Waals surface area contributed by atoms with Crippen LogP contribution in [0.5, 0.6) is 23.0 Å². The number of aromatic nitrogens is 1. The quantitative estimate of drug-likeness (QED) is 0.609. The molecule has 4 rings (SSSR count). The molecule has 0 spiro atoms. The van der Waals surface area contributed by atoms with Crippen molar-refractivity contribution in [3.63, 3.8) is 0 Å². The van der Waals surface area contributed by atoms with Gasteiger partial charge in [-0.05, 0) is 55.1 Å². The molecule has 1 aromatic heterocycles. The second kappa shape index (κ2) is 8.35. The number of pyridine rings is 1. The minimum atomic E-state index is 0. The summed E-state index contributed by atoms with van der Waals surface area (Å²) in [7, 11) is 0. The number of benzene rings is 2. The van der Waals surface area contributed by atoms with E-state index >= 15 is 0 Å². The maximum Gasteiger partial charge on any atom is 0.231 e. The molecule has 142 valence electrons. The molecule has 5 nitrogen and oxygen atoms in total. The van der Waals surface area contributed by atoms with Gasteiger partial charge in [0.05, 0.1) is 18.9 Å². The average molecular weight is 388 g/mol. The lowest BCUT2D eigenvalue weighted by atomic mass is 10.0. The van der Waals surface area contributed by atoms with Gasteiger partial charge in [-0.2, -0.15) is 0 Å². The lowest BCUT2D eigenvalue weighted by molar-refractivity contribution is 0.174. The topological polar surface area (TPSA) is 49.8 Å². The minimum Gasteiger partial charge on any atom is -0.490 e. The van der Waals surface area contributed by atoms with Crippen LogP contribution in [0.3, 0.4) is 0 Å². The third-order valence-corrected chi connectivity index (χ3v) is 4.32. The molecule has 0 saturated heterocycles. The van der Waals surface area contributed by atoms with E-state index in [1.54, 1.807) is 0 Å². The average Bonchev–Trinajstić information content (AvgIpc) is 3.11. The lowest BCUT2D eigenvalue weighted by Gasteiger charge is -2.14. The van der Waals surface area contributed by atoms with Gasteiger partial charge in [-0.15, -0.1) is 12.4 Å². The van der Waals surface area contributed by atoms with Crippen LogP contribution in [-0.2, 0) is 6.42 Å². The summed E-state index contributed by atoms with van der Waals surface area (Å²) in [4.78, 5) is 4.60. The van der Waals surface area contributed by atoms with Crippen LogP contribution in [0.15, 0.2) is 42.6 Å².